The van der Waals surface area contributed by atoms with Gasteiger partial charge in [0.1, 0.15) is 11.6 Å². The van der Waals surface area contributed by atoms with Gasteiger partial charge in [0.25, 0.3) is 0 Å². The highest BCUT2D eigenvalue weighted by Gasteiger charge is 2.35. The van der Waals surface area contributed by atoms with Crippen molar-refractivity contribution < 1.29 is 4.74 Å². The molecule has 7 heteroatoms. The Balaban J connectivity index is 1.75. The number of aromatic amines is 2. The number of rotatable bonds is 5. The molecule has 2 aromatic heterocycles. The van der Waals surface area contributed by atoms with Crippen molar-refractivity contribution in [1.29, 1.82) is 0 Å². The van der Waals surface area contributed by atoms with E-state index in [1.807, 2.05) is 6.20 Å². The second-order valence-electron chi connectivity index (χ2n) is 5.81. The number of hydrogen-bond donors (Lipinski definition) is 2. The number of H-pyrrole nitrogens is 2. The molecule has 21 heavy (non-hydrogen) atoms. The van der Waals surface area contributed by atoms with Crippen LogP contribution in [-0.2, 0) is 11.3 Å². The van der Waals surface area contributed by atoms with Gasteiger partial charge >= 0.3 is 0 Å². The number of nitrogens with zero attached hydrogens (tertiary/aromatic N) is 4. The molecule has 1 aliphatic heterocycles. The van der Waals surface area contributed by atoms with Gasteiger partial charge in [-0.2, -0.15) is 5.10 Å². The van der Waals surface area contributed by atoms with E-state index in [4.69, 9.17) is 4.74 Å². The van der Waals surface area contributed by atoms with Crippen molar-refractivity contribution in [2.75, 3.05) is 13.7 Å². The Labute approximate surface area is 124 Å². The summed E-state index contributed by atoms with van der Waals surface area (Å²) in [5.74, 6) is 3.08. The van der Waals surface area contributed by atoms with Crippen molar-refractivity contribution in [3.63, 3.8) is 0 Å². The lowest BCUT2D eigenvalue weighted by Gasteiger charge is -2.20. The number of hydrogen-bond acceptors (Lipinski definition) is 5. The molecule has 0 aromatic carbocycles. The van der Waals surface area contributed by atoms with Crippen LogP contribution in [0.4, 0.5) is 0 Å². The molecule has 0 aliphatic carbocycles. The Morgan fingerprint density at radius 2 is 2.33 bits per heavy atom. The number of nitrogens with one attached hydrogen (secondary N) is 2. The Morgan fingerprint density at radius 3 is 2.95 bits per heavy atom. The fraction of sp³-hybridized carbons (Fsp3) is 0.643. The third-order valence-corrected chi connectivity index (χ3v) is 3.95. The number of methoxy groups -OCH3 is 1. The Bertz CT molecular complexity index is 564. The largest absolute Gasteiger partial charge is 0.380 e. The van der Waals surface area contributed by atoms with Crippen LogP contribution in [0.5, 0.6) is 0 Å². The van der Waals surface area contributed by atoms with E-state index in [-0.39, 0.29) is 12.1 Å². The Kier molecular flexibility index (Phi) is 4.03. The molecule has 7 nitrogen and oxygen atoms in total. The van der Waals surface area contributed by atoms with Gasteiger partial charge in [-0.15, -0.1) is 0 Å². The van der Waals surface area contributed by atoms with Crippen molar-refractivity contribution in [3.05, 3.63) is 29.9 Å². The quantitative estimate of drug-likeness (QED) is 0.874. The van der Waals surface area contributed by atoms with E-state index in [1.54, 1.807) is 13.3 Å². The first-order valence-electron chi connectivity index (χ1n) is 7.34. The van der Waals surface area contributed by atoms with Gasteiger partial charge in [0.2, 0.25) is 0 Å². The SMILES string of the molecule is CO[C@@H]1CC(c2ncc[nH]2)N(Cc2nc(C(C)C)n[nH]2)C1. The molecule has 0 radical (unpaired) electrons. The summed E-state index contributed by atoms with van der Waals surface area (Å²) in [5.41, 5.74) is 0. The maximum absolute atomic E-state index is 5.52. The van der Waals surface area contributed by atoms with Gasteiger partial charge in [0.15, 0.2) is 5.82 Å². The van der Waals surface area contributed by atoms with Crippen LogP contribution in [0.1, 0.15) is 49.7 Å². The molecule has 3 heterocycles. The average Bonchev–Trinajstić information content (AvgIpc) is 3.18. The molecule has 2 atom stereocenters. The highest BCUT2D eigenvalue weighted by Crippen LogP contribution is 2.32. The van der Waals surface area contributed by atoms with Crippen LogP contribution >= 0.6 is 0 Å². The minimum absolute atomic E-state index is 0.229. The van der Waals surface area contributed by atoms with Gasteiger partial charge in [0.05, 0.1) is 18.7 Å². The van der Waals surface area contributed by atoms with E-state index < -0.39 is 0 Å². The minimum atomic E-state index is 0.229. The van der Waals surface area contributed by atoms with E-state index in [0.29, 0.717) is 5.92 Å². The minimum Gasteiger partial charge on any atom is -0.380 e. The van der Waals surface area contributed by atoms with E-state index >= 15 is 0 Å². The predicted octanol–water partition coefficient (Wildman–Crippen LogP) is 1.61. The fourth-order valence-electron chi connectivity index (χ4n) is 2.78. The zero-order valence-electron chi connectivity index (χ0n) is 12.7. The molecule has 0 saturated carbocycles. The summed E-state index contributed by atoms with van der Waals surface area (Å²) in [4.78, 5) is 14.5. The Hall–Kier alpha value is -1.73. The zero-order chi connectivity index (χ0) is 14.8. The summed E-state index contributed by atoms with van der Waals surface area (Å²) in [5, 5.41) is 7.31. The van der Waals surface area contributed by atoms with Gasteiger partial charge in [-0.3, -0.25) is 10.00 Å². The molecular weight excluding hydrogens is 268 g/mol. The van der Waals surface area contributed by atoms with E-state index in [2.05, 4.69) is 43.9 Å². The molecule has 0 bridgehead atoms. The summed E-state index contributed by atoms with van der Waals surface area (Å²) in [6.07, 6.45) is 4.82. The topological polar surface area (TPSA) is 82.7 Å². The fourth-order valence-corrected chi connectivity index (χ4v) is 2.78. The summed E-state index contributed by atoms with van der Waals surface area (Å²) < 4.78 is 5.52. The molecule has 1 aliphatic rings. The van der Waals surface area contributed by atoms with Crippen molar-refractivity contribution >= 4 is 0 Å². The molecular formula is C14H22N6O. The van der Waals surface area contributed by atoms with Crippen LogP contribution in [0.15, 0.2) is 12.4 Å². The lowest BCUT2D eigenvalue weighted by Crippen LogP contribution is -2.26. The maximum atomic E-state index is 5.52. The third-order valence-electron chi connectivity index (χ3n) is 3.95. The summed E-state index contributed by atoms with van der Waals surface area (Å²) >= 11 is 0. The van der Waals surface area contributed by atoms with Crippen molar-refractivity contribution in [3.8, 4) is 0 Å². The molecule has 3 rings (SSSR count). The normalized spacial score (nSPS) is 23.2. The second kappa shape index (κ2) is 5.95. The molecule has 114 valence electrons. The summed E-state index contributed by atoms with van der Waals surface area (Å²) in [6, 6.07) is 0.234. The van der Waals surface area contributed by atoms with Crippen molar-refractivity contribution in [1.82, 2.24) is 30.0 Å². The van der Waals surface area contributed by atoms with Crippen molar-refractivity contribution in [2.24, 2.45) is 0 Å². The lowest BCUT2D eigenvalue weighted by atomic mass is 10.2. The molecule has 1 fully saturated rings. The van der Waals surface area contributed by atoms with Gasteiger partial charge in [-0.25, -0.2) is 9.97 Å². The Morgan fingerprint density at radius 1 is 1.48 bits per heavy atom. The molecule has 0 amide bonds. The standard InChI is InChI=1S/C14H22N6O/c1-9(2)13-17-12(18-19-13)8-20-7-10(21-3)6-11(20)14-15-4-5-16-14/h4-5,9-11H,6-8H2,1-3H3,(H,15,16)(H,17,18,19)/t10-,11?/m1/s1. The summed E-state index contributed by atoms with van der Waals surface area (Å²) in [6.45, 7) is 5.79. The third kappa shape index (κ3) is 2.98. The number of ether oxygens (including phenoxy) is 1. The van der Waals surface area contributed by atoms with Crippen molar-refractivity contribution in [2.45, 2.75) is 44.9 Å². The first-order valence-corrected chi connectivity index (χ1v) is 7.34. The smallest absolute Gasteiger partial charge is 0.153 e. The molecule has 2 N–H and O–H groups in total. The lowest BCUT2D eigenvalue weighted by molar-refractivity contribution is 0.107. The van der Waals surface area contributed by atoms with Crippen LogP contribution in [0.3, 0.4) is 0 Å². The van der Waals surface area contributed by atoms with E-state index in [1.165, 1.54) is 0 Å². The first-order chi connectivity index (χ1) is 10.2. The van der Waals surface area contributed by atoms with Gasteiger partial charge in [-0.1, -0.05) is 13.8 Å². The molecule has 1 unspecified atom stereocenters. The van der Waals surface area contributed by atoms with Crippen LogP contribution < -0.4 is 0 Å². The van der Waals surface area contributed by atoms with Crippen LogP contribution in [0, 0.1) is 0 Å². The second-order valence-corrected chi connectivity index (χ2v) is 5.81. The van der Waals surface area contributed by atoms with E-state index in [9.17, 15) is 0 Å². The van der Waals surface area contributed by atoms with Crippen LogP contribution in [-0.4, -0.2) is 49.8 Å². The zero-order valence-corrected chi connectivity index (χ0v) is 12.7. The molecule has 2 aromatic rings. The highest BCUT2D eigenvalue weighted by molar-refractivity contribution is 5.03. The molecule has 1 saturated heterocycles. The van der Waals surface area contributed by atoms with Gasteiger partial charge in [-0.05, 0) is 6.42 Å². The summed E-state index contributed by atoms with van der Waals surface area (Å²) in [7, 11) is 1.76. The van der Waals surface area contributed by atoms with Crippen LogP contribution in [0.2, 0.25) is 0 Å². The van der Waals surface area contributed by atoms with E-state index in [0.717, 1.165) is 37.0 Å². The number of aromatic nitrogens is 5. The van der Waals surface area contributed by atoms with Gasteiger partial charge < -0.3 is 9.72 Å². The first kappa shape index (κ1) is 14.2. The number of likely N-dealkylation sites (tertiary alicyclic amines) is 1. The monoisotopic (exact) mass is 290 g/mol. The molecule has 0 spiro atoms. The van der Waals surface area contributed by atoms with Crippen LogP contribution in [0.25, 0.3) is 0 Å². The number of imidazole rings is 1. The van der Waals surface area contributed by atoms with Gasteiger partial charge in [0, 0.05) is 32.0 Å². The average molecular weight is 290 g/mol. The predicted molar refractivity (Wildman–Crippen MR) is 77.6 cm³/mol. The maximum Gasteiger partial charge on any atom is 0.153 e. The highest BCUT2D eigenvalue weighted by atomic mass is 16.5.